The van der Waals surface area contributed by atoms with Gasteiger partial charge in [0.1, 0.15) is 11.4 Å². The van der Waals surface area contributed by atoms with Crippen LogP contribution in [0.15, 0.2) is 18.2 Å². The van der Waals surface area contributed by atoms with Crippen molar-refractivity contribution >= 4 is 6.09 Å². The third-order valence-corrected chi connectivity index (χ3v) is 3.14. The van der Waals surface area contributed by atoms with Crippen molar-refractivity contribution < 1.29 is 14.6 Å². The lowest BCUT2D eigenvalue weighted by Crippen LogP contribution is -2.41. The molecule has 3 N–H and O–H groups in total. The third kappa shape index (κ3) is 6.35. The van der Waals surface area contributed by atoms with E-state index in [1.807, 2.05) is 53.7 Å². The second-order valence-corrected chi connectivity index (χ2v) is 6.73. The van der Waals surface area contributed by atoms with Crippen LogP contribution >= 0.6 is 0 Å². The number of aryl methyl sites for hydroxylation is 1. The van der Waals surface area contributed by atoms with Gasteiger partial charge in [-0.1, -0.05) is 12.1 Å². The molecule has 0 aromatic heterocycles. The normalized spacial score (nSPS) is 14.3. The van der Waals surface area contributed by atoms with Gasteiger partial charge in [0, 0.05) is 24.2 Å². The molecule has 2 unspecified atom stereocenters. The van der Waals surface area contributed by atoms with Crippen LogP contribution in [-0.4, -0.2) is 29.4 Å². The molecule has 0 fully saturated rings. The van der Waals surface area contributed by atoms with E-state index in [1.54, 1.807) is 6.07 Å². The zero-order chi connectivity index (χ0) is 16.9. The van der Waals surface area contributed by atoms with Gasteiger partial charge in [-0.2, -0.15) is 0 Å². The maximum Gasteiger partial charge on any atom is 0.407 e. The molecule has 0 aliphatic carbocycles. The zero-order valence-corrected chi connectivity index (χ0v) is 14.4. The molecule has 1 aromatic carbocycles. The number of phenols is 1. The number of carbonyl (C=O) groups is 1. The fourth-order valence-corrected chi connectivity index (χ4v) is 2.15. The van der Waals surface area contributed by atoms with E-state index in [9.17, 15) is 9.90 Å². The van der Waals surface area contributed by atoms with Crippen LogP contribution in [0, 0.1) is 6.92 Å². The summed E-state index contributed by atoms with van der Waals surface area (Å²) in [6, 6.07) is 5.66. The number of amides is 1. The first-order valence-corrected chi connectivity index (χ1v) is 7.61. The summed E-state index contributed by atoms with van der Waals surface area (Å²) in [5, 5.41) is 16.1. The molecule has 0 spiro atoms. The maximum absolute atomic E-state index is 11.6. The van der Waals surface area contributed by atoms with E-state index in [1.165, 1.54) is 0 Å². The van der Waals surface area contributed by atoms with Crippen LogP contribution in [0.3, 0.4) is 0 Å². The maximum atomic E-state index is 11.6. The lowest BCUT2D eigenvalue weighted by molar-refractivity contribution is 0.0522. The van der Waals surface area contributed by atoms with Crippen molar-refractivity contribution in [2.45, 2.75) is 59.2 Å². The number of hydrogen-bond acceptors (Lipinski definition) is 4. The van der Waals surface area contributed by atoms with Gasteiger partial charge in [0.2, 0.25) is 0 Å². The molecule has 1 aromatic rings. The highest BCUT2D eigenvalue weighted by Gasteiger charge is 2.17. The van der Waals surface area contributed by atoms with Crippen molar-refractivity contribution in [1.29, 1.82) is 0 Å². The van der Waals surface area contributed by atoms with Crippen LogP contribution in [0.25, 0.3) is 0 Å². The number of benzene rings is 1. The third-order valence-electron chi connectivity index (χ3n) is 3.14. The first-order valence-electron chi connectivity index (χ1n) is 7.61. The Bertz CT molecular complexity index is 509. The minimum Gasteiger partial charge on any atom is -0.508 e. The predicted octanol–water partition coefficient (Wildman–Crippen LogP) is 3.26. The molecule has 2 atom stereocenters. The van der Waals surface area contributed by atoms with E-state index in [0.717, 1.165) is 11.1 Å². The van der Waals surface area contributed by atoms with E-state index >= 15 is 0 Å². The number of ether oxygens (including phenoxy) is 1. The van der Waals surface area contributed by atoms with Crippen molar-refractivity contribution in [2.24, 2.45) is 0 Å². The average Bonchev–Trinajstić information content (AvgIpc) is 2.34. The molecular weight excluding hydrogens is 280 g/mol. The lowest BCUT2D eigenvalue weighted by Gasteiger charge is -2.23. The number of hydrogen-bond donors (Lipinski definition) is 3. The SMILES string of the molecule is Cc1ccc(C(C)NC(C)CNC(=O)OC(C)(C)C)c(O)c1. The van der Waals surface area contributed by atoms with Crippen molar-refractivity contribution in [3.8, 4) is 5.75 Å². The summed E-state index contributed by atoms with van der Waals surface area (Å²) in [4.78, 5) is 11.6. The average molecular weight is 308 g/mol. The van der Waals surface area contributed by atoms with Gasteiger partial charge in [0.05, 0.1) is 0 Å². The monoisotopic (exact) mass is 308 g/mol. The van der Waals surface area contributed by atoms with E-state index in [4.69, 9.17) is 4.74 Å². The molecule has 0 aliphatic heterocycles. The Morgan fingerprint density at radius 1 is 1.32 bits per heavy atom. The van der Waals surface area contributed by atoms with Crippen LogP contribution in [0.4, 0.5) is 4.79 Å². The standard InChI is InChI=1S/C17H28N2O3/c1-11-7-8-14(15(20)9-11)13(3)19-12(2)10-18-16(21)22-17(4,5)6/h7-9,12-13,19-20H,10H2,1-6H3,(H,18,21). The summed E-state index contributed by atoms with van der Waals surface area (Å²) >= 11 is 0. The fraction of sp³-hybridized carbons (Fsp3) is 0.588. The van der Waals surface area contributed by atoms with Crippen molar-refractivity contribution in [2.75, 3.05) is 6.54 Å². The van der Waals surface area contributed by atoms with Gasteiger partial charge in [-0.3, -0.25) is 0 Å². The Morgan fingerprint density at radius 2 is 1.95 bits per heavy atom. The minimum absolute atomic E-state index is 0.0176. The number of alkyl carbamates (subject to hydrolysis) is 1. The Labute approximate surface area is 133 Å². The molecule has 0 aliphatic rings. The minimum atomic E-state index is -0.498. The van der Waals surface area contributed by atoms with Crippen LogP contribution in [0.5, 0.6) is 5.75 Å². The molecule has 22 heavy (non-hydrogen) atoms. The zero-order valence-electron chi connectivity index (χ0n) is 14.4. The topological polar surface area (TPSA) is 70.6 Å². The van der Waals surface area contributed by atoms with Gasteiger partial charge in [-0.05, 0) is 53.2 Å². The van der Waals surface area contributed by atoms with E-state index in [-0.39, 0.29) is 17.8 Å². The van der Waals surface area contributed by atoms with E-state index < -0.39 is 11.7 Å². The fourth-order valence-electron chi connectivity index (χ4n) is 2.15. The van der Waals surface area contributed by atoms with Crippen LogP contribution < -0.4 is 10.6 Å². The first kappa shape index (κ1) is 18.3. The molecular formula is C17H28N2O3. The molecule has 5 nitrogen and oxygen atoms in total. The Morgan fingerprint density at radius 3 is 2.50 bits per heavy atom. The highest BCUT2D eigenvalue weighted by atomic mass is 16.6. The largest absolute Gasteiger partial charge is 0.508 e. The molecule has 0 heterocycles. The molecule has 0 saturated carbocycles. The number of nitrogens with one attached hydrogen (secondary N) is 2. The van der Waals surface area contributed by atoms with Gasteiger partial charge >= 0.3 is 6.09 Å². The molecule has 0 bridgehead atoms. The highest BCUT2D eigenvalue weighted by molar-refractivity contribution is 5.67. The molecule has 0 saturated heterocycles. The van der Waals surface area contributed by atoms with E-state index in [0.29, 0.717) is 6.54 Å². The van der Waals surface area contributed by atoms with Gasteiger partial charge in [-0.25, -0.2) is 4.79 Å². The van der Waals surface area contributed by atoms with Crippen molar-refractivity contribution in [3.05, 3.63) is 29.3 Å². The van der Waals surface area contributed by atoms with Gasteiger partial charge in [0.25, 0.3) is 0 Å². The number of aromatic hydroxyl groups is 1. The van der Waals surface area contributed by atoms with Gasteiger partial charge in [0.15, 0.2) is 0 Å². The summed E-state index contributed by atoms with van der Waals surface area (Å²) in [5.41, 5.74) is 1.37. The molecule has 124 valence electrons. The number of phenolic OH excluding ortho intramolecular Hbond substituents is 1. The van der Waals surface area contributed by atoms with Crippen LogP contribution in [-0.2, 0) is 4.74 Å². The molecule has 1 rings (SSSR count). The Kier molecular flexibility index (Phi) is 6.23. The quantitative estimate of drug-likeness (QED) is 0.781. The number of carbonyl (C=O) groups excluding carboxylic acids is 1. The van der Waals surface area contributed by atoms with Crippen LogP contribution in [0.1, 0.15) is 51.8 Å². The second kappa shape index (κ2) is 7.49. The number of rotatable bonds is 5. The lowest BCUT2D eigenvalue weighted by atomic mass is 10.0. The van der Waals surface area contributed by atoms with Gasteiger partial charge in [-0.15, -0.1) is 0 Å². The summed E-state index contributed by atoms with van der Waals surface area (Å²) in [6.45, 7) is 11.8. The van der Waals surface area contributed by atoms with Crippen LogP contribution in [0.2, 0.25) is 0 Å². The van der Waals surface area contributed by atoms with Crippen molar-refractivity contribution in [3.63, 3.8) is 0 Å². The highest BCUT2D eigenvalue weighted by Crippen LogP contribution is 2.25. The smallest absolute Gasteiger partial charge is 0.407 e. The van der Waals surface area contributed by atoms with E-state index in [2.05, 4.69) is 10.6 Å². The molecule has 1 amide bonds. The predicted molar refractivity (Wildman–Crippen MR) is 88.1 cm³/mol. The Balaban J connectivity index is 2.47. The summed E-state index contributed by atoms with van der Waals surface area (Å²) < 4.78 is 5.19. The molecule has 5 heteroatoms. The summed E-state index contributed by atoms with van der Waals surface area (Å²) in [6.07, 6.45) is -0.424. The molecule has 0 radical (unpaired) electrons. The van der Waals surface area contributed by atoms with Crippen molar-refractivity contribution in [1.82, 2.24) is 10.6 Å². The summed E-state index contributed by atoms with van der Waals surface area (Å²) in [5.74, 6) is 0.285. The van der Waals surface area contributed by atoms with Gasteiger partial charge < -0.3 is 20.5 Å². The second-order valence-electron chi connectivity index (χ2n) is 6.73. The Hall–Kier alpha value is -1.75. The summed E-state index contributed by atoms with van der Waals surface area (Å²) in [7, 11) is 0. The first-order chi connectivity index (χ1) is 10.1.